The number of aliphatic carboxylic acids is 1. The fraction of sp³-hybridized carbons (Fsp3) is 0.235. The van der Waals surface area contributed by atoms with Gasteiger partial charge in [-0.15, -0.1) is 0 Å². The highest BCUT2D eigenvalue weighted by atomic mass is 32.2. The predicted octanol–water partition coefficient (Wildman–Crippen LogP) is 3.51. The molecule has 2 rings (SSSR count). The fourth-order valence-electron chi connectivity index (χ4n) is 2.21. The first kappa shape index (κ1) is 19.9. The van der Waals surface area contributed by atoms with Gasteiger partial charge in [-0.25, -0.2) is 8.42 Å². The number of carboxylic acid groups (broad SMARTS) is 1. The van der Waals surface area contributed by atoms with Crippen LogP contribution in [-0.2, 0) is 21.0 Å². The molecule has 0 aromatic heterocycles. The molecule has 0 radical (unpaired) electrons. The Morgan fingerprint density at radius 2 is 1.54 bits per heavy atom. The van der Waals surface area contributed by atoms with Gasteiger partial charge in [0.05, 0.1) is 10.5 Å². The number of halogens is 3. The van der Waals surface area contributed by atoms with E-state index in [2.05, 4.69) is 4.72 Å². The van der Waals surface area contributed by atoms with Crippen molar-refractivity contribution in [1.82, 2.24) is 4.72 Å². The lowest BCUT2D eigenvalue weighted by molar-refractivity contribution is -0.142. The van der Waals surface area contributed by atoms with Crippen molar-refractivity contribution in [2.75, 3.05) is 0 Å². The number of sulfonamides is 1. The Kier molecular flexibility index (Phi) is 5.16. The molecule has 26 heavy (non-hydrogen) atoms. The van der Waals surface area contributed by atoms with Crippen LogP contribution in [0.15, 0.2) is 53.4 Å². The zero-order valence-corrected chi connectivity index (χ0v) is 14.6. The van der Waals surface area contributed by atoms with Gasteiger partial charge in [0.2, 0.25) is 10.0 Å². The molecule has 0 unspecified atom stereocenters. The van der Waals surface area contributed by atoms with Crippen molar-refractivity contribution in [2.24, 2.45) is 0 Å². The first-order chi connectivity index (χ1) is 11.8. The molecule has 0 aliphatic rings. The number of rotatable bonds is 5. The minimum absolute atomic E-state index is 0.162. The van der Waals surface area contributed by atoms with Crippen LogP contribution in [0.3, 0.4) is 0 Å². The molecule has 2 N–H and O–H groups in total. The minimum atomic E-state index is -4.50. The summed E-state index contributed by atoms with van der Waals surface area (Å²) in [7, 11) is -4.23. The zero-order chi connectivity index (χ0) is 19.8. The van der Waals surface area contributed by atoms with Gasteiger partial charge in [0.1, 0.15) is 5.54 Å². The number of benzene rings is 2. The quantitative estimate of drug-likeness (QED) is 0.822. The molecule has 140 valence electrons. The highest BCUT2D eigenvalue weighted by Gasteiger charge is 2.34. The van der Waals surface area contributed by atoms with Crippen molar-refractivity contribution in [3.05, 3.63) is 54.1 Å². The molecule has 0 amide bonds. The highest BCUT2D eigenvalue weighted by Crippen LogP contribution is 2.33. The molecule has 2 aromatic rings. The summed E-state index contributed by atoms with van der Waals surface area (Å²) in [6, 6.07) is 9.71. The Bertz CT molecular complexity index is 920. The van der Waals surface area contributed by atoms with Crippen LogP contribution in [0.1, 0.15) is 19.4 Å². The standard InChI is InChI=1S/C17H16F3NO4S/c1-16(2,15(22)23)21-26(24,25)14-6-4-3-5-13(14)11-7-9-12(10-8-11)17(18,19)20/h3-10,21H,1-2H3,(H,22,23). The van der Waals surface area contributed by atoms with Gasteiger partial charge in [0.15, 0.2) is 0 Å². The Morgan fingerprint density at radius 1 is 1.00 bits per heavy atom. The Labute approximate surface area is 148 Å². The molecule has 9 heteroatoms. The van der Waals surface area contributed by atoms with Crippen LogP contribution in [0.5, 0.6) is 0 Å². The van der Waals surface area contributed by atoms with Crippen molar-refractivity contribution in [2.45, 2.75) is 30.5 Å². The summed E-state index contributed by atoms with van der Waals surface area (Å²) < 4.78 is 65.4. The smallest absolute Gasteiger partial charge is 0.416 e. The molecule has 0 spiro atoms. The molecular weight excluding hydrogens is 371 g/mol. The van der Waals surface area contributed by atoms with Gasteiger partial charge in [-0.2, -0.15) is 17.9 Å². The highest BCUT2D eigenvalue weighted by molar-refractivity contribution is 7.89. The maximum absolute atomic E-state index is 12.7. The SMILES string of the molecule is CC(C)(NS(=O)(=O)c1ccccc1-c1ccc(C(F)(F)F)cc1)C(=O)O. The minimum Gasteiger partial charge on any atom is -0.480 e. The maximum Gasteiger partial charge on any atom is 0.416 e. The third-order valence-electron chi connectivity index (χ3n) is 3.62. The molecule has 0 fully saturated rings. The second-order valence-corrected chi connectivity index (χ2v) is 7.76. The molecule has 0 saturated heterocycles. The van der Waals surface area contributed by atoms with E-state index in [1.807, 2.05) is 0 Å². The second-order valence-electron chi connectivity index (χ2n) is 6.11. The van der Waals surface area contributed by atoms with E-state index < -0.39 is 33.3 Å². The summed E-state index contributed by atoms with van der Waals surface area (Å²) in [5, 5.41) is 9.11. The Balaban J connectivity index is 2.50. The lowest BCUT2D eigenvalue weighted by atomic mass is 10.0. The zero-order valence-electron chi connectivity index (χ0n) is 13.8. The average molecular weight is 387 g/mol. The van der Waals surface area contributed by atoms with Gasteiger partial charge in [-0.05, 0) is 37.6 Å². The van der Waals surface area contributed by atoms with Crippen molar-refractivity contribution >= 4 is 16.0 Å². The van der Waals surface area contributed by atoms with Gasteiger partial charge in [-0.3, -0.25) is 4.79 Å². The van der Waals surface area contributed by atoms with Crippen LogP contribution >= 0.6 is 0 Å². The topological polar surface area (TPSA) is 83.5 Å². The normalized spacial score (nSPS) is 12.8. The van der Waals surface area contributed by atoms with Gasteiger partial charge in [-0.1, -0.05) is 30.3 Å². The van der Waals surface area contributed by atoms with Gasteiger partial charge < -0.3 is 5.11 Å². The van der Waals surface area contributed by atoms with Crippen molar-refractivity contribution < 1.29 is 31.5 Å². The van der Waals surface area contributed by atoms with Crippen LogP contribution < -0.4 is 4.72 Å². The van der Waals surface area contributed by atoms with Crippen LogP contribution in [0.2, 0.25) is 0 Å². The van der Waals surface area contributed by atoms with E-state index in [9.17, 15) is 26.4 Å². The van der Waals surface area contributed by atoms with Crippen LogP contribution in [0.4, 0.5) is 13.2 Å². The lowest BCUT2D eigenvalue weighted by Crippen LogP contribution is -2.49. The largest absolute Gasteiger partial charge is 0.480 e. The van der Waals surface area contributed by atoms with Crippen LogP contribution in [0.25, 0.3) is 11.1 Å². The number of alkyl halides is 3. The second kappa shape index (κ2) is 6.73. The van der Waals surface area contributed by atoms with E-state index in [1.54, 1.807) is 0 Å². The third-order valence-corrected chi connectivity index (χ3v) is 5.34. The summed E-state index contributed by atoms with van der Waals surface area (Å²) in [6.45, 7) is 2.38. The number of carboxylic acids is 1. The van der Waals surface area contributed by atoms with Crippen LogP contribution in [0, 0.1) is 0 Å². The molecule has 0 aliphatic carbocycles. The number of hydrogen-bond donors (Lipinski definition) is 2. The summed E-state index contributed by atoms with van der Waals surface area (Å²) in [5.74, 6) is -1.37. The van der Waals surface area contributed by atoms with Gasteiger partial charge in [0.25, 0.3) is 0 Å². The van der Waals surface area contributed by atoms with E-state index >= 15 is 0 Å². The van der Waals surface area contributed by atoms with E-state index in [0.29, 0.717) is 0 Å². The summed E-state index contributed by atoms with van der Waals surface area (Å²) >= 11 is 0. The summed E-state index contributed by atoms with van der Waals surface area (Å²) in [5.41, 5.74) is -2.19. The van der Waals surface area contributed by atoms with E-state index in [-0.39, 0.29) is 16.0 Å². The monoisotopic (exact) mass is 387 g/mol. The molecule has 0 bridgehead atoms. The fourth-order valence-corrected chi connectivity index (χ4v) is 3.81. The van der Waals surface area contributed by atoms with Crippen molar-refractivity contribution in [3.63, 3.8) is 0 Å². The van der Waals surface area contributed by atoms with Gasteiger partial charge >= 0.3 is 12.1 Å². The molecule has 2 aromatic carbocycles. The summed E-state index contributed by atoms with van der Waals surface area (Å²) in [4.78, 5) is 11.0. The van der Waals surface area contributed by atoms with Crippen LogP contribution in [-0.4, -0.2) is 25.0 Å². The maximum atomic E-state index is 12.7. The summed E-state index contributed by atoms with van der Waals surface area (Å²) in [6.07, 6.45) is -4.50. The lowest BCUT2D eigenvalue weighted by Gasteiger charge is -2.22. The number of carbonyl (C=O) groups is 1. The molecule has 5 nitrogen and oxygen atoms in total. The third kappa shape index (κ3) is 4.23. The van der Waals surface area contributed by atoms with Crippen molar-refractivity contribution in [1.29, 1.82) is 0 Å². The molecular formula is C17H16F3NO4S. The number of hydrogen-bond acceptors (Lipinski definition) is 3. The van der Waals surface area contributed by atoms with E-state index in [1.165, 1.54) is 50.2 Å². The van der Waals surface area contributed by atoms with Crippen molar-refractivity contribution in [3.8, 4) is 11.1 Å². The Morgan fingerprint density at radius 3 is 2.04 bits per heavy atom. The Hall–Kier alpha value is -2.39. The number of nitrogens with one attached hydrogen (secondary N) is 1. The first-order valence-electron chi connectivity index (χ1n) is 7.38. The van der Waals surface area contributed by atoms with Gasteiger partial charge in [0, 0.05) is 5.56 Å². The van der Waals surface area contributed by atoms with E-state index in [4.69, 9.17) is 5.11 Å². The van der Waals surface area contributed by atoms with E-state index in [0.717, 1.165) is 12.1 Å². The molecule has 0 atom stereocenters. The molecule has 0 saturated carbocycles. The molecule has 0 aliphatic heterocycles. The average Bonchev–Trinajstić information content (AvgIpc) is 2.53. The molecule has 0 heterocycles. The first-order valence-corrected chi connectivity index (χ1v) is 8.87. The predicted molar refractivity (Wildman–Crippen MR) is 88.9 cm³/mol.